The van der Waals surface area contributed by atoms with Crippen molar-refractivity contribution in [3.63, 3.8) is 0 Å². The highest BCUT2D eigenvalue weighted by Gasteiger charge is 2.03. The van der Waals surface area contributed by atoms with Gasteiger partial charge in [-0.05, 0) is 37.5 Å². The molecule has 0 atom stereocenters. The summed E-state index contributed by atoms with van der Waals surface area (Å²) in [5, 5.41) is 0. The first kappa shape index (κ1) is 18.5. The maximum absolute atomic E-state index is 2.51. The molecule has 0 bridgehead atoms. The van der Waals surface area contributed by atoms with Gasteiger partial charge in [0, 0.05) is 0 Å². The fraction of sp³-hybridized carbons (Fsp3) is 0.789. The second-order valence-corrected chi connectivity index (χ2v) is 6.79. The van der Waals surface area contributed by atoms with Crippen molar-refractivity contribution in [2.45, 2.75) is 92.4 Å². The molecule has 0 rings (SSSR count). The van der Waals surface area contributed by atoms with E-state index >= 15 is 0 Å². The van der Waals surface area contributed by atoms with Crippen LogP contribution in [0.15, 0.2) is 23.8 Å². The van der Waals surface area contributed by atoms with E-state index in [0.717, 1.165) is 6.42 Å². The molecular weight excluding hydrogens is 228 g/mol. The zero-order chi connectivity index (χ0) is 14.6. The van der Waals surface area contributed by atoms with E-state index in [-0.39, 0.29) is 0 Å². The van der Waals surface area contributed by atoms with E-state index in [0.29, 0.717) is 5.41 Å². The van der Waals surface area contributed by atoms with E-state index in [1.807, 2.05) is 0 Å². The number of allylic oxidation sites excluding steroid dienone is 4. The Morgan fingerprint density at radius 2 is 1.53 bits per heavy atom. The largest absolute Gasteiger partial charge is 0.0850 e. The van der Waals surface area contributed by atoms with Gasteiger partial charge in [-0.15, -0.1) is 0 Å². The quantitative estimate of drug-likeness (QED) is 0.292. The highest BCUT2D eigenvalue weighted by molar-refractivity contribution is 5.09. The summed E-state index contributed by atoms with van der Waals surface area (Å²) in [5.41, 5.74) is 1.97. The topological polar surface area (TPSA) is 0 Å². The van der Waals surface area contributed by atoms with E-state index in [1.54, 1.807) is 5.57 Å². The molecule has 0 amide bonds. The van der Waals surface area contributed by atoms with Crippen molar-refractivity contribution < 1.29 is 0 Å². The lowest BCUT2D eigenvalue weighted by atomic mass is 9.94. The molecule has 0 radical (unpaired) electrons. The molecule has 0 aliphatic heterocycles. The van der Waals surface area contributed by atoms with Crippen LogP contribution in [0, 0.1) is 5.41 Å². The van der Waals surface area contributed by atoms with Crippen molar-refractivity contribution in [1.29, 1.82) is 0 Å². The van der Waals surface area contributed by atoms with Crippen molar-refractivity contribution in [2.24, 2.45) is 5.41 Å². The average Bonchev–Trinajstić information content (AvgIpc) is 2.32. The lowest BCUT2D eigenvalue weighted by molar-refractivity contribution is 0.542. The first-order valence-electron chi connectivity index (χ1n) is 8.35. The molecule has 0 unspecified atom stereocenters. The van der Waals surface area contributed by atoms with Gasteiger partial charge >= 0.3 is 0 Å². The van der Waals surface area contributed by atoms with Crippen LogP contribution in [-0.4, -0.2) is 0 Å². The van der Waals surface area contributed by atoms with Crippen molar-refractivity contribution in [1.82, 2.24) is 0 Å². The van der Waals surface area contributed by atoms with Gasteiger partial charge in [0.15, 0.2) is 0 Å². The first-order chi connectivity index (χ1) is 8.99. The molecule has 0 nitrogen and oxygen atoms in total. The summed E-state index contributed by atoms with van der Waals surface area (Å²) in [6, 6.07) is 0. The Kier molecular flexibility index (Phi) is 11.0. The van der Waals surface area contributed by atoms with E-state index in [9.17, 15) is 0 Å². The molecule has 0 heterocycles. The minimum Gasteiger partial charge on any atom is -0.0850 e. The molecule has 0 N–H and O–H groups in total. The minimum atomic E-state index is 0.316. The second kappa shape index (κ2) is 11.3. The van der Waals surface area contributed by atoms with Crippen LogP contribution >= 0.6 is 0 Å². The highest BCUT2D eigenvalue weighted by Crippen LogP contribution is 2.19. The van der Waals surface area contributed by atoms with Crippen LogP contribution in [0.1, 0.15) is 92.4 Å². The van der Waals surface area contributed by atoms with Gasteiger partial charge in [0.1, 0.15) is 0 Å². The van der Waals surface area contributed by atoms with Gasteiger partial charge in [-0.25, -0.2) is 0 Å². The summed E-state index contributed by atoms with van der Waals surface area (Å²) < 4.78 is 0. The summed E-state index contributed by atoms with van der Waals surface area (Å²) >= 11 is 0. The molecule has 0 aromatic rings. The van der Waals surface area contributed by atoms with Crippen LogP contribution in [0.5, 0.6) is 0 Å². The fourth-order valence-electron chi connectivity index (χ4n) is 2.15. The van der Waals surface area contributed by atoms with Crippen LogP contribution in [0.4, 0.5) is 0 Å². The Morgan fingerprint density at radius 3 is 2.11 bits per heavy atom. The van der Waals surface area contributed by atoms with Gasteiger partial charge in [-0.2, -0.15) is 0 Å². The number of hydrogen-bond donors (Lipinski definition) is 0. The third-order valence-corrected chi connectivity index (χ3v) is 3.34. The zero-order valence-corrected chi connectivity index (χ0v) is 14.1. The van der Waals surface area contributed by atoms with Crippen molar-refractivity contribution in [3.8, 4) is 0 Å². The molecule has 0 saturated heterocycles. The predicted molar refractivity (Wildman–Crippen MR) is 89.6 cm³/mol. The zero-order valence-electron chi connectivity index (χ0n) is 14.1. The van der Waals surface area contributed by atoms with Crippen molar-refractivity contribution in [3.05, 3.63) is 23.8 Å². The smallest absolute Gasteiger partial charge is 0.0139 e. The molecule has 0 spiro atoms. The molecule has 0 aliphatic carbocycles. The van der Waals surface area contributed by atoms with Gasteiger partial charge in [-0.1, -0.05) is 84.1 Å². The molecular formula is C19H36. The molecule has 0 heteroatoms. The van der Waals surface area contributed by atoms with Gasteiger partial charge in [-0.3, -0.25) is 0 Å². The van der Waals surface area contributed by atoms with Gasteiger partial charge in [0.2, 0.25) is 0 Å². The van der Waals surface area contributed by atoms with Crippen molar-refractivity contribution >= 4 is 0 Å². The van der Waals surface area contributed by atoms with Crippen LogP contribution in [0.2, 0.25) is 0 Å². The molecule has 19 heavy (non-hydrogen) atoms. The molecule has 0 saturated carbocycles. The van der Waals surface area contributed by atoms with E-state index in [1.165, 1.54) is 51.4 Å². The SMILES string of the molecule is CCCCCC=C(CC=CC(C)(C)C)CCCCC. The molecule has 0 aromatic carbocycles. The normalized spacial score (nSPS) is 13.4. The van der Waals surface area contributed by atoms with Crippen LogP contribution in [0.25, 0.3) is 0 Å². The monoisotopic (exact) mass is 264 g/mol. The second-order valence-electron chi connectivity index (χ2n) is 6.79. The van der Waals surface area contributed by atoms with Crippen LogP contribution in [-0.2, 0) is 0 Å². The van der Waals surface area contributed by atoms with E-state index < -0.39 is 0 Å². The number of unbranched alkanes of at least 4 members (excludes halogenated alkanes) is 5. The molecule has 112 valence electrons. The molecule has 0 aliphatic rings. The summed E-state index contributed by atoms with van der Waals surface area (Å²) in [6.07, 6.45) is 19.1. The maximum Gasteiger partial charge on any atom is -0.0139 e. The molecule has 0 fully saturated rings. The number of hydrogen-bond acceptors (Lipinski definition) is 0. The third kappa shape index (κ3) is 13.7. The van der Waals surface area contributed by atoms with Crippen LogP contribution in [0.3, 0.4) is 0 Å². The van der Waals surface area contributed by atoms with Gasteiger partial charge in [0.05, 0.1) is 0 Å². The average molecular weight is 264 g/mol. The summed E-state index contributed by atoms with van der Waals surface area (Å²) in [5.74, 6) is 0. The van der Waals surface area contributed by atoms with Gasteiger partial charge in [0.25, 0.3) is 0 Å². The minimum absolute atomic E-state index is 0.316. The van der Waals surface area contributed by atoms with Crippen molar-refractivity contribution in [2.75, 3.05) is 0 Å². The van der Waals surface area contributed by atoms with E-state index in [2.05, 4.69) is 52.8 Å². The maximum atomic E-state index is 2.51. The van der Waals surface area contributed by atoms with Gasteiger partial charge < -0.3 is 0 Å². The lowest BCUT2D eigenvalue weighted by Gasteiger charge is -2.12. The Morgan fingerprint density at radius 1 is 0.895 bits per heavy atom. The predicted octanol–water partition coefficient (Wildman–Crippen LogP) is 7.07. The lowest BCUT2D eigenvalue weighted by Crippen LogP contribution is -1.98. The first-order valence-corrected chi connectivity index (χ1v) is 8.35. The molecule has 0 aromatic heterocycles. The van der Waals surface area contributed by atoms with E-state index in [4.69, 9.17) is 0 Å². The van der Waals surface area contributed by atoms with Crippen LogP contribution < -0.4 is 0 Å². The Labute approximate surface area is 122 Å². The number of rotatable bonds is 10. The Bertz CT molecular complexity index is 250. The summed E-state index contributed by atoms with van der Waals surface area (Å²) in [6.45, 7) is 11.4. The highest BCUT2D eigenvalue weighted by atomic mass is 14.1. The standard InChI is InChI=1S/C19H36/c1-6-8-10-12-15-18(14-11-9-7-2)16-13-17-19(3,4)5/h13,15,17H,6-12,14,16H2,1-5H3. The fourth-order valence-corrected chi connectivity index (χ4v) is 2.15. The summed E-state index contributed by atoms with van der Waals surface area (Å²) in [4.78, 5) is 0. The Balaban J connectivity index is 4.20. The Hall–Kier alpha value is -0.520. The summed E-state index contributed by atoms with van der Waals surface area (Å²) in [7, 11) is 0. The third-order valence-electron chi connectivity index (χ3n) is 3.34.